The lowest BCUT2D eigenvalue weighted by Gasteiger charge is -2.34. The van der Waals surface area contributed by atoms with Crippen LogP contribution >= 0.6 is 0 Å². The zero-order chi connectivity index (χ0) is 21.1. The lowest BCUT2D eigenvalue weighted by molar-refractivity contribution is -0.137. The zero-order valence-corrected chi connectivity index (χ0v) is 18.4. The maximum absolute atomic E-state index is 13.3. The van der Waals surface area contributed by atoms with Crippen LogP contribution in [0.4, 0.5) is 0 Å². The highest BCUT2D eigenvalue weighted by Gasteiger charge is 2.37. The molecule has 1 unspecified atom stereocenters. The fraction of sp³-hybridized carbons (Fsp3) is 0.458. The molecule has 2 aliphatic heterocycles. The van der Waals surface area contributed by atoms with Crippen molar-refractivity contribution in [3.8, 4) is 0 Å². The SMILES string of the molecule is Cc1ccc(C2CCCN2C(=O)C2CCN(S(=O)(=O)Cc3ccccc3)CC2)cc1. The van der Waals surface area contributed by atoms with E-state index in [9.17, 15) is 13.2 Å². The number of sulfonamides is 1. The first-order valence-corrected chi connectivity index (χ1v) is 12.4. The summed E-state index contributed by atoms with van der Waals surface area (Å²) in [5.41, 5.74) is 3.22. The molecule has 2 aromatic carbocycles. The maximum atomic E-state index is 13.3. The molecule has 1 atom stereocenters. The van der Waals surface area contributed by atoms with Crippen LogP contribution in [0.5, 0.6) is 0 Å². The van der Waals surface area contributed by atoms with Crippen LogP contribution in [-0.4, -0.2) is 43.2 Å². The third kappa shape index (κ3) is 4.60. The number of nitrogens with zero attached hydrogens (tertiary/aromatic N) is 2. The summed E-state index contributed by atoms with van der Waals surface area (Å²) in [5, 5.41) is 0. The number of carbonyl (C=O) groups is 1. The number of hydrogen-bond donors (Lipinski definition) is 0. The largest absolute Gasteiger partial charge is 0.335 e. The molecule has 6 heteroatoms. The Balaban J connectivity index is 1.37. The summed E-state index contributed by atoms with van der Waals surface area (Å²) >= 11 is 0. The van der Waals surface area contributed by atoms with E-state index in [-0.39, 0.29) is 23.6 Å². The van der Waals surface area contributed by atoms with Gasteiger partial charge in [-0.05, 0) is 43.7 Å². The second-order valence-corrected chi connectivity index (χ2v) is 10.5. The summed E-state index contributed by atoms with van der Waals surface area (Å²) < 4.78 is 27.1. The molecule has 2 saturated heterocycles. The lowest BCUT2D eigenvalue weighted by Crippen LogP contribution is -2.44. The van der Waals surface area contributed by atoms with Crippen molar-refractivity contribution in [1.82, 2.24) is 9.21 Å². The van der Waals surface area contributed by atoms with Crippen LogP contribution in [0.1, 0.15) is 48.4 Å². The molecule has 0 spiro atoms. The van der Waals surface area contributed by atoms with E-state index < -0.39 is 10.0 Å². The third-order valence-electron chi connectivity index (χ3n) is 6.39. The Bertz CT molecular complexity index is 965. The molecule has 5 nitrogen and oxygen atoms in total. The normalized spacial score (nSPS) is 21.1. The molecule has 30 heavy (non-hydrogen) atoms. The van der Waals surface area contributed by atoms with Gasteiger partial charge in [0.2, 0.25) is 15.9 Å². The Hall–Kier alpha value is -2.18. The van der Waals surface area contributed by atoms with Crippen LogP contribution in [0.25, 0.3) is 0 Å². The zero-order valence-electron chi connectivity index (χ0n) is 17.5. The van der Waals surface area contributed by atoms with Gasteiger partial charge >= 0.3 is 0 Å². The highest BCUT2D eigenvalue weighted by atomic mass is 32.2. The summed E-state index contributed by atoms with van der Waals surface area (Å²) in [6, 6.07) is 17.9. The van der Waals surface area contributed by atoms with Gasteiger partial charge in [-0.25, -0.2) is 12.7 Å². The molecule has 0 N–H and O–H groups in total. The Kier molecular flexibility index (Phi) is 6.25. The van der Waals surface area contributed by atoms with Gasteiger partial charge in [-0.15, -0.1) is 0 Å². The predicted molar refractivity (Wildman–Crippen MR) is 118 cm³/mol. The minimum absolute atomic E-state index is 0.0219. The van der Waals surface area contributed by atoms with Crippen LogP contribution < -0.4 is 0 Å². The first-order chi connectivity index (χ1) is 14.4. The second kappa shape index (κ2) is 8.90. The van der Waals surface area contributed by atoms with E-state index in [2.05, 4.69) is 31.2 Å². The Morgan fingerprint density at radius 2 is 1.60 bits per heavy atom. The first-order valence-electron chi connectivity index (χ1n) is 10.8. The van der Waals surface area contributed by atoms with E-state index in [4.69, 9.17) is 0 Å². The molecule has 2 aromatic rings. The monoisotopic (exact) mass is 426 g/mol. The second-order valence-electron chi connectivity index (χ2n) is 8.52. The van der Waals surface area contributed by atoms with Gasteiger partial charge in [0.15, 0.2) is 0 Å². The van der Waals surface area contributed by atoms with Crippen molar-refractivity contribution in [3.63, 3.8) is 0 Å². The van der Waals surface area contributed by atoms with Crippen LogP contribution in [0.3, 0.4) is 0 Å². The highest BCUT2D eigenvalue weighted by molar-refractivity contribution is 7.88. The summed E-state index contributed by atoms with van der Waals surface area (Å²) in [7, 11) is -3.35. The van der Waals surface area contributed by atoms with Crippen molar-refractivity contribution in [3.05, 3.63) is 71.3 Å². The number of benzene rings is 2. The van der Waals surface area contributed by atoms with Crippen LogP contribution in [0.15, 0.2) is 54.6 Å². The molecule has 0 aliphatic carbocycles. The van der Waals surface area contributed by atoms with Crippen molar-refractivity contribution >= 4 is 15.9 Å². The fourth-order valence-corrected chi connectivity index (χ4v) is 6.22. The van der Waals surface area contributed by atoms with Crippen LogP contribution in [0.2, 0.25) is 0 Å². The van der Waals surface area contributed by atoms with E-state index in [1.165, 1.54) is 11.1 Å². The van der Waals surface area contributed by atoms with E-state index >= 15 is 0 Å². The number of hydrogen-bond acceptors (Lipinski definition) is 3. The van der Waals surface area contributed by atoms with Crippen molar-refractivity contribution < 1.29 is 13.2 Å². The Morgan fingerprint density at radius 1 is 0.933 bits per heavy atom. The summed E-state index contributed by atoms with van der Waals surface area (Å²) in [5.74, 6) is 0.131. The van der Waals surface area contributed by atoms with Gasteiger partial charge in [0.1, 0.15) is 0 Å². The summed E-state index contributed by atoms with van der Waals surface area (Å²) in [6.45, 7) is 3.72. The van der Waals surface area contributed by atoms with E-state index in [0.29, 0.717) is 25.9 Å². The molecule has 2 aliphatic rings. The molecule has 0 radical (unpaired) electrons. The predicted octanol–water partition coefficient (Wildman–Crippen LogP) is 3.90. The van der Waals surface area contributed by atoms with Gasteiger partial charge in [0.05, 0.1) is 11.8 Å². The molecular weight excluding hydrogens is 396 g/mol. The van der Waals surface area contributed by atoms with Crippen molar-refractivity contribution in [2.45, 2.75) is 44.4 Å². The average molecular weight is 427 g/mol. The quantitative estimate of drug-likeness (QED) is 0.729. The van der Waals surface area contributed by atoms with Crippen LogP contribution in [-0.2, 0) is 20.6 Å². The number of piperidine rings is 1. The molecular formula is C24H30N2O3S. The number of rotatable bonds is 5. The topological polar surface area (TPSA) is 57.7 Å². The Labute approximate surface area is 179 Å². The maximum Gasteiger partial charge on any atom is 0.226 e. The van der Waals surface area contributed by atoms with E-state index in [1.54, 1.807) is 4.31 Å². The van der Waals surface area contributed by atoms with Crippen molar-refractivity contribution in [1.29, 1.82) is 0 Å². The summed E-state index contributed by atoms with van der Waals surface area (Å²) in [4.78, 5) is 15.3. The van der Waals surface area contributed by atoms with Crippen molar-refractivity contribution in [2.24, 2.45) is 5.92 Å². The molecule has 0 saturated carbocycles. The van der Waals surface area contributed by atoms with Gasteiger partial charge in [-0.2, -0.15) is 0 Å². The first kappa shape index (κ1) is 21.1. The molecule has 160 valence electrons. The third-order valence-corrected chi connectivity index (χ3v) is 8.24. The molecule has 4 rings (SSSR count). The average Bonchev–Trinajstić information content (AvgIpc) is 3.24. The molecule has 2 fully saturated rings. The van der Waals surface area contributed by atoms with E-state index in [0.717, 1.165) is 24.9 Å². The molecule has 0 aromatic heterocycles. The molecule has 1 amide bonds. The van der Waals surface area contributed by atoms with Crippen molar-refractivity contribution in [2.75, 3.05) is 19.6 Å². The summed E-state index contributed by atoms with van der Waals surface area (Å²) in [6.07, 6.45) is 3.22. The van der Waals surface area contributed by atoms with Gasteiger partial charge in [-0.1, -0.05) is 60.2 Å². The minimum Gasteiger partial charge on any atom is -0.335 e. The number of likely N-dealkylation sites (tertiary alicyclic amines) is 1. The number of carbonyl (C=O) groups excluding carboxylic acids is 1. The standard InChI is InChI=1S/C24H30N2O3S/c1-19-9-11-21(12-10-19)23-8-5-15-26(23)24(27)22-13-16-25(17-14-22)30(28,29)18-20-6-3-2-4-7-20/h2-4,6-7,9-12,22-23H,5,8,13-18H2,1H3. The minimum atomic E-state index is -3.35. The highest BCUT2D eigenvalue weighted by Crippen LogP contribution is 2.35. The van der Waals surface area contributed by atoms with E-state index in [1.807, 2.05) is 35.2 Å². The van der Waals surface area contributed by atoms with Gasteiger partial charge in [-0.3, -0.25) is 4.79 Å². The molecule has 2 heterocycles. The fourth-order valence-electron chi connectivity index (χ4n) is 4.66. The number of aryl methyl sites for hydroxylation is 1. The van der Waals surface area contributed by atoms with Gasteiger partial charge < -0.3 is 4.90 Å². The van der Waals surface area contributed by atoms with Crippen LogP contribution in [0, 0.1) is 12.8 Å². The smallest absolute Gasteiger partial charge is 0.226 e. The lowest BCUT2D eigenvalue weighted by atomic mass is 9.95. The Morgan fingerprint density at radius 3 is 2.27 bits per heavy atom. The van der Waals surface area contributed by atoms with Gasteiger partial charge in [0.25, 0.3) is 0 Å². The van der Waals surface area contributed by atoms with Gasteiger partial charge in [0, 0.05) is 25.6 Å². The molecule has 0 bridgehead atoms. The number of amides is 1.